The van der Waals surface area contributed by atoms with E-state index in [4.69, 9.17) is 0 Å². The fourth-order valence-electron chi connectivity index (χ4n) is 3.81. The Balaban J connectivity index is 1.46. The third kappa shape index (κ3) is 5.74. The molecule has 2 aromatic carbocycles. The van der Waals surface area contributed by atoms with E-state index in [2.05, 4.69) is 82.3 Å². The average Bonchev–Trinajstić information content (AvgIpc) is 3.19. The fourth-order valence-corrected chi connectivity index (χ4v) is 3.81. The van der Waals surface area contributed by atoms with Gasteiger partial charge in [0, 0.05) is 29.9 Å². The quantitative estimate of drug-likeness (QED) is 0.344. The van der Waals surface area contributed by atoms with Crippen molar-refractivity contribution in [3.8, 4) is 47.4 Å². The van der Waals surface area contributed by atoms with Gasteiger partial charge < -0.3 is 4.57 Å². The van der Waals surface area contributed by atoms with Crippen LogP contribution in [0.5, 0.6) is 0 Å². The first-order chi connectivity index (χ1) is 16.2. The molecule has 0 fully saturated rings. The number of nitro groups is 1. The minimum Gasteiger partial charge on any atom is -0.334 e. The van der Waals surface area contributed by atoms with Crippen LogP contribution in [0.3, 0.4) is 0 Å². The van der Waals surface area contributed by atoms with Crippen LogP contribution in [0.15, 0.2) is 60.7 Å². The van der Waals surface area contributed by atoms with E-state index >= 15 is 0 Å². The number of rotatable bonds is 3. The van der Waals surface area contributed by atoms with Gasteiger partial charge >= 0.3 is 0 Å². The Morgan fingerprint density at radius 2 is 1.48 bits per heavy atom. The summed E-state index contributed by atoms with van der Waals surface area (Å²) in [5.74, 6) is 22.5. The minimum absolute atomic E-state index is 0.0341. The van der Waals surface area contributed by atoms with Crippen LogP contribution in [0.1, 0.15) is 40.9 Å². The van der Waals surface area contributed by atoms with Crippen molar-refractivity contribution in [3.05, 3.63) is 98.9 Å². The molecule has 0 aliphatic heterocycles. The molecule has 4 heteroatoms. The second kappa shape index (κ2) is 10.6. The molecule has 0 atom stereocenters. The molecule has 1 aliphatic carbocycles. The third-order valence-corrected chi connectivity index (χ3v) is 5.38. The molecular weight excluding hydrogens is 408 g/mol. The molecule has 1 aliphatic rings. The first kappa shape index (κ1) is 21.6. The first-order valence-corrected chi connectivity index (χ1v) is 10.7. The van der Waals surface area contributed by atoms with Gasteiger partial charge in [-0.3, -0.25) is 10.1 Å². The molecule has 0 radical (unpaired) electrons. The molecule has 0 amide bonds. The molecule has 0 saturated carbocycles. The Hall–Kier alpha value is -4.64. The molecule has 0 saturated heterocycles. The summed E-state index contributed by atoms with van der Waals surface area (Å²) in [7, 11) is 0. The predicted octanol–water partition coefficient (Wildman–Crippen LogP) is 4.73. The lowest BCUT2D eigenvalue weighted by molar-refractivity contribution is -0.384. The zero-order chi connectivity index (χ0) is 22.9. The standard InChI is InChI=1S/C29H20N2O2/c32-31(33)27-20-18-24(19-21-27)12-6-3-1-2-4-9-16-28-22-26-15-10-11-17-29(26)30(28)23-25-13-7-5-8-14-25/h5,7-8,13-14,18-22H,10-11,15,17,23H2. The average molecular weight is 428 g/mol. The molecule has 0 bridgehead atoms. The van der Waals surface area contributed by atoms with Gasteiger partial charge in [-0.25, -0.2) is 0 Å². The van der Waals surface area contributed by atoms with Gasteiger partial charge in [-0.2, -0.15) is 0 Å². The Labute approximate surface area is 193 Å². The summed E-state index contributed by atoms with van der Waals surface area (Å²) in [5, 5.41) is 10.7. The van der Waals surface area contributed by atoms with Gasteiger partial charge in [0.1, 0.15) is 0 Å². The molecule has 1 heterocycles. The number of aromatic nitrogens is 1. The van der Waals surface area contributed by atoms with E-state index in [0.29, 0.717) is 5.56 Å². The van der Waals surface area contributed by atoms with Crippen molar-refractivity contribution in [3.63, 3.8) is 0 Å². The summed E-state index contributed by atoms with van der Waals surface area (Å²) in [6.45, 7) is 0.811. The number of hydrogen-bond donors (Lipinski definition) is 0. The van der Waals surface area contributed by atoms with Crippen molar-refractivity contribution in [2.45, 2.75) is 32.2 Å². The van der Waals surface area contributed by atoms with Crippen molar-refractivity contribution in [2.24, 2.45) is 0 Å². The topological polar surface area (TPSA) is 48.1 Å². The van der Waals surface area contributed by atoms with Crippen molar-refractivity contribution in [1.82, 2.24) is 4.57 Å². The first-order valence-electron chi connectivity index (χ1n) is 10.7. The van der Waals surface area contributed by atoms with Crippen LogP contribution in [0.25, 0.3) is 0 Å². The summed E-state index contributed by atoms with van der Waals surface area (Å²) in [6, 6.07) is 18.6. The maximum absolute atomic E-state index is 10.7. The number of benzene rings is 2. The van der Waals surface area contributed by atoms with E-state index in [1.807, 2.05) is 6.07 Å². The number of nitrogens with zero attached hydrogens (tertiary/aromatic N) is 2. The molecule has 4 rings (SSSR count). The van der Waals surface area contributed by atoms with Crippen LogP contribution in [-0.4, -0.2) is 9.49 Å². The molecular formula is C29H20N2O2. The predicted molar refractivity (Wildman–Crippen MR) is 129 cm³/mol. The smallest absolute Gasteiger partial charge is 0.269 e. The van der Waals surface area contributed by atoms with Gasteiger partial charge in [-0.1, -0.05) is 36.3 Å². The van der Waals surface area contributed by atoms with Crippen LogP contribution in [0.4, 0.5) is 5.69 Å². The summed E-state index contributed by atoms with van der Waals surface area (Å²) < 4.78 is 2.32. The zero-order valence-corrected chi connectivity index (χ0v) is 18.0. The van der Waals surface area contributed by atoms with Crippen LogP contribution in [0, 0.1) is 57.5 Å². The molecule has 1 aromatic heterocycles. The van der Waals surface area contributed by atoms with E-state index in [-0.39, 0.29) is 5.69 Å². The van der Waals surface area contributed by atoms with Crippen molar-refractivity contribution in [1.29, 1.82) is 0 Å². The Kier molecular flexibility index (Phi) is 6.93. The van der Waals surface area contributed by atoms with Gasteiger partial charge in [0.15, 0.2) is 0 Å². The van der Waals surface area contributed by atoms with Crippen molar-refractivity contribution in [2.75, 3.05) is 0 Å². The largest absolute Gasteiger partial charge is 0.334 e. The van der Waals surface area contributed by atoms with Crippen LogP contribution >= 0.6 is 0 Å². The molecule has 158 valence electrons. The minimum atomic E-state index is -0.443. The van der Waals surface area contributed by atoms with Gasteiger partial charge in [0.25, 0.3) is 5.69 Å². The Morgan fingerprint density at radius 1 is 0.818 bits per heavy atom. The highest BCUT2D eigenvalue weighted by atomic mass is 16.6. The number of non-ortho nitro benzene ring substituents is 1. The number of fused-ring (bicyclic) bond motifs is 1. The summed E-state index contributed by atoms with van der Waals surface area (Å²) in [6.07, 6.45) is 4.64. The highest BCUT2D eigenvalue weighted by molar-refractivity contribution is 5.48. The van der Waals surface area contributed by atoms with Gasteiger partial charge in [-0.05, 0) is 96.5 Å². The number of nitro benzene ring substituents is 1. The maximum atomic E-state index is 10.7. The lowest BCUT2D eigenvalue weighted by atomic mass is 9.98. The SMILES string of the molecule is O=[N+]([O-])c1ccc(C#CC#CC#CC#Cc2cc3c(n2Cc2ccccc2)CCCC3)cc1. The second-order valence-corrected chi connectivity index (χ2v) is 7.58. The van der Waals surface area contributed by atoms with E-state index in [1.165, 1.54) is 41.8 Å². The monoisotopic (exact) mass is 428 g/mol. The fraction of sp³-hybridized carbons (Fsp3) is 0.172. The van der Waals surface area contributed by atoms with Gasteiger partial charge in [0.05, 0.1) is 10.6 Å². The molecule has 0 spiro atoms. The van der Waals surface area contributed by atoms with E-state index < -0.39 is 4.92 Å². The Morgan fingerprint density at radius 3 is 2.21 bits per heavy atom. The van der Waals surface area contributed by atoms with Crippen LogP contribution < -0.4 is 0 Å². The molecule has 4 nitrogen and oxygen atoms in total. The molecule has 33 heavy (non-hydrogen) atoms. The Bertz CT molecular complexity index is 1420. The highest BCUT2D eigenvalue weighted by Crippen LogP contribution is 2.25. The maximum Gasteiger partial charge on any atom is 0.269 e. The summed E-state index contributed by atoms with van der Waals surface area (Å²) in [5.41, 5.74) is 5.73. The molecule has 0 unspecified atom stereocenters. The molecule has 3 aromatic rings. The van der Waals surface area contributed by atoms with Gasteiger partial charge in [0.2, 0.25) is 0 Å². The zero-order valence-electron chi connectivity index (χ0n) is 18.0. The van der Waals surface area contributed by atoms with Gasteiger partial charge in [-0.15, -0.1) is 0 Å². The van der Waals surface area contributed by atoms with Crippen molar-refractivity contribution < 1.29 is 4.92 Å². The van der Waals surface area contributed by atoms with E-state index in [1.54, 1.807) is 12.1 Å². The lowest BCUT2D eigenvalue weighted by Gasteiger charge is -2.16. The molecule has 0 N–H and O–H groups in total. The third-order valence-electron chi connectivity index (χ3n) is 5.38. The lowest BCUT2D eigenvalue weighted by Crippen LogP contribution is -2.10. The van der Waals surface area contributed by atoms with E-state index in [0.717, 1.165) is 25.1 Å². The normalized spacial score (nSPS) is 11.2. The summed E-state index contributed by atoms with van der Waals surface area (Å²) >= 11 is 0. The number of hydrogen-bond acceptors (Lipinski definition) is 2. The van der Waals surface area contributed by atoms with Crippen LogP contribution in [0.2, 0.25) is 0 Å². The second-order valence-electron chi connectivity index (χ2n) is 7.58. The van der Waals surface area contributed by atoms with Crippen LogP contribution in [-0.2, 0) is 19.4 Å². The summed E-state index contributed by atoms with van der Waals surface area (Å²) in [4.78, 5) is 10.2. The van der Waals surface area contributed by atoms with Crippen molar-refractivity contribution >= 4 is 5.69 Å². The highest BCUT2D eigenvalue weighted by Gasteiger charge is 2.17. The number of aryl methyl sites for hydroxylation is 1. The van der Waals surface area contributed by atoms with E-state index in [9.17, 15) is 10.1 Å².